The second-order valence-corrected chi connectivity index (χ2v) is 5.69. The summed E-state index contributed by atoms with van der Waals surface area (Å²) in [6, 6.07) is 0.760. The van der Waals surface area contributed by atoms with E-state index in [2.05, 4.69) is 18.7 Å². The van der Waals surface area contributed by atoms with E-state index in [9.17, 15) is 0 Å². The fourth-order valence-electron chi connectivity index (χ4n) is 3.32. The van der Waals surface area contributed by atoms with Crippen molar-refractivity contribution in [2.75, 3.05) is 13.1 Å². The van der Waals surface area contributed by atoms with Gasteiger partial charge in [-0.3, -0.25) is 0 Å². The number of rotatable bonds is 1. The van der Waals surface area contributed by atoms with Crippen molar-refractivity contribution < 1.29 is 0 Å². The number of hydrogen-bond donors (Lipinski definition) is 0. The monoisotopic (exact) mass is 225 g/mol. The lowest BCUT2D eigenvalue weighted by molar-refractivity contribution is 0.0529. The lowest BCUT2D eigenvalue weighted by Crippen LogP contribution is -2.43. The zero-order chi connectivity index (χ0) is 12.0. The van der Waals surface area contributed by atoms with E-state index in [4.69, 9.17) is 0 Å². The SMILES string of the molecule is CC.CC(C)N1CCC2(CCCCC2)CC1. The maximum Gasteiger partial charge on any atom is 0.00385 e. The second-order valence-electron chi connectivity index (χ2n) is 5.69. The molecule has 1 aliphatic heterocycles. The summed E-state index contributed by atoms with van der Waals surface area (Å²) in [5.74, 6) is 0. The van der Waals surface area contributed by atoms with Gasteiger partial charge in [-0.2, -0.15) is 0 Å². The number of nitrogens with zero attached hydrogens (tertiary/aromatic N) is 1. The Morgan fingerprint density at radius 3 is 1.75 bits per heavy atom. The Morgan fingerprint density at radius 1 is 0.812 bits per heavy atom. The molecule has 0 aromatic carbocycles. The molecule has 1 saturated heterocycles. The van der Waals surface area contributed by atoms with E-state index in [0.717, 1.165) is 11.5 Å². The van der Waals surface area contributed by atoms with Crippen LogP contribution in [0.5, 0.6) is 0 Å². The molecule has 0 aromatic rings. The van der Waals surface area contributed by atoms with Crippen LogP contribution in [0.25, 0.3) is 0 Å². The van der Waals surface area contributed by atoms with Crippen molar-refractivity contribution in [3.8, 4) is 0 Å². The first kappa shape index (κ1) is 14.0. The number of hydrogen-bond acceptors (Lipinski definition) is 1. The van der Waals surface area contributed by atoms with Gasteiger partial charge in [0.15, 0.2) is 0 Å². The first-order valence-electron chi connectivity index (χ1n) is 7.46. The molecule has 0 radical (unpaired) electrons. The van der Waals surface area contributed by atoms with Gasteiger partial charge in [0.2, 0.25) is 0 Å². The van der Waals surface area contributed by atoms with Crippen molar-refractivity contribution in [1.82, 2.24) is 4.90 Å². The lowest BCUT2D eigenvalue weighted by atomic mass is 9.68. The minimum atomic E-state index is 0.760. The molecule has 0 atom stereocenters. The summed E-state index contributed by atoms with van der Waals surface area (Å²) in [5.41, 5.74) is 0.781. The molecule has 1 aliphatic carbocycles. The van der Waals surface area contributed by atoms with E-state index in [1.165, 1.54) is 58.0 Å². The van der Waals surface area contributed by atoms with Crippen molar-refractivity contribution >= 4 is 0 Å². The van der Waals surface area contributed by atoms with Crippen molar-refractivity contribution in [2.24, 2.45) is 5.41 Å². The fraction of sp³-hybridized carbons (Fsp3) is 1.00. The first-order valence-corrected chi connectivity index (χ1v) is 7.46. The minimum absolute atomic E-state index is 0.760. The van der Waals surface area contributed by atoms with Gasteiger partial charge in [0.05, 0.1) is 0 Å². The van der Waals surface area contributed by atoms with Crippen LogP contribution in [0.1, 0.15) is 72.6 Å². The Bertz CT molecular complexity index is 170. The molecule has 16 heavy (non-hydrogen) atoms. The van der Waals surface area contributed by atoms with E-state index in [-0.39, 0.29) is 0 Å². The van der Waals surface area contributed by atoms with Crippen LogP contribution < -0.4 is 0 Å². The predicted octanol–water partition coefficient (Wildman–Crippen LogP) is 4.47. The highest BCUT2D eigenvalue weighted by Gasteiger charge is 2.35. The molecule has 1 heteroatoms. The van der Waals surface area contributed by atoms with Crippen molar-refractivity contribution in [1.29, 1.82) is 0 Å². The molecule has 0 amide bonds. The largest absolute Gasteiger partial charge is 0.301 e. The maximum atomic E-state index is 2.65. The highest BCUT2D eigenvalue weighted by molar-refractivity contribution is 4.88. The minimum Gasteiger partial charge on any atom is -0.301 e. The van der Waals surface area contributed by atoms with Crippen LogP contribution in [-0.4, -0.2) is 24.0 Å². The van der Waals surface area contributed by atoms with Crippen LogP contribution in [0, 0.1) is 5.41 Å². The van der Waals surface area contributed by atoms with Gasteiger partial charge in [-0.1, -0.05) is 33.1 Å². The number of likely N-dealkylation sites (tertiary alicyclic amines) is 1. The van der Waals surface area contributed by atoms with Gasteiger partial charge in [-0.25, -0.2) is 0 Å². The van der Waals surface area contributed by atoms with E-state index < -0.39 is 0 Å². The van der Waals surface area contributed by atoms with Gasteiger partial charge in [0, 0.05) is 6.04 Å². The standard InChI is InChI=1S/C13H25N.C2H6/c1-12(2)14-10-8-13(9-11-14)6-4-3-5-7-13;1-2/h12H,3-11H2,1-2H3;1-2H3. The van der Waals surface area contributed by atoms with E-state index in [1.54, 1.807) is 0 Å². The number of piperidine rings is 1. The van der Waals surface area contributed by atoms with Gasteiger partial charge in [0.25, 0.3) is 0 Å². The second kappa shape index (κ2) is 6.64. The van der Waals surface area contributed by atoms with Gasteiger partial charge in [0.1, 0.15) is 0 Å². The topological polar surface area (TPSA) is 3.24 Å². The Kier molecular flexibility index (Phi) is 5.82. The lowest BCUT2D eigenvalue weighted by Gasteiger charge is -2.45. The predicted molar refractivity (Wildman–Crippen MR) is 72.8 cm³/mol. The molecule has 0 bridgehead atoms. The third-order valence-electron chi connectivity index (χ3n) is 4.50. The van der Waals surface area contributed by atoms with E-state index in [0.29, 0.717) is 0 Å². The van der Waals surface area contributed by atoms with Gasteiger partial charge in [-0.15, -0.1) is 0 Å². The highest BCUT2D eigenvalue weighted by atomic mass is 15.2. The normalized spacial score (nSPS) is 25.3. The molecule has 2 fully saturated rings. The van der Waals surface area contributed by atoms with Crippen LogP contribution in [-0.2, 0) is 0 Å². The molecular weight excluding hydrogens is 194 g/mol. The Labute approximate surface area is 103 Å². The molecule has 2 rings (SSSR count). The van der Waals surface area contributed by atoms with Crippen LogP contribution in [0.2, 0.25) is 0 Å². The molecule has 0 N–H and O–H groups in total. The Morgan fingerprint density at radius 2 is 1.31 bits per heavy atom. The molecule has 0 unspecified atom stereocenters. The maximum absolute atomic E-state index is 2.65. The fourth-order valence-corrected chi connectivity index (χ4v) is 3.32. The van der Waals surface area contributed by atoms with Crippen LogP contribution in [0.3, 0.4) is 0 Å². The Hall–Kier alpha value is -0.0400. The molecule has 1 heterocycles. The van der Waals surface area contributed by atoms with E-state index >= 15 is 0 Å². The summed E-state index contributed by atoms with van der Waals surface area (Å²) in [7, 11) is 0. The van der Waals surface area contributed by atoms with Crippen LogP contribution >= 0.6 is 0 Å². The first-order chi connectivity index (χ1) is 7.72. The average molecular weight is 225 g/mol. The summed E-state index contributed by atoms with van der Waals surface area (Å²) in [6.45, 7) is 11.4. The zero-order valence-corrected chi connectivity index (χ0v) is 11.9. The molecular formula is C15H31N. The summed E-state index contributed by atoms with van der Waals surface area (Å²) < 4.78 is 0. The highest BCUT2D eigenvalue weighted by Crippen LogP contribution is 2.44. The van der Waals surface area contributed by atoms with Crippen molar-refractivity contribution in [3.05, 3.63) is 0 Å². The third kappa shape index (κ3) is 3.48. The van der Waals surface area contributed by atoms with Gasteiger partial charge < -0.3 is 4.90 Å². The van der Waals surface area contributed by atoms with Crippen molar-refractivity contribution in [2.45, 2.75) is 78.7 Å². The molecule has 0 aromatic heterocycles. The molecule has 96 valence electrons. The smallest absolute Gasteiger partial charge is 0.00385 e. The summed E-state index contributed by atoms with van der Waals surface area (Å²) >= 11 is 0. The zero-order valence-electron chi connectivity index (χ0n) is 11.9. The quantitative estimate of drug-likeness (QED) is 0.636. The van der Waals surface area contributed by atoms with Crippen LogP contribution in [0.4, 0.5) is 0 Å². The molecule has 1 spiro atoms. The van der Waals surface area contributed by atoms with Gasteiger partial charge in [-0.05, 0) is 58.0 Å². The van der Waals surface area contributed by atoms with Crippen LogP contribution in [0.15, 0.2) is 0 Å². The Balaban J connectivity index is 0.000000606. The molecule has 1 nitrogen and oxygen atoms in total. The third-order valence-corrected chi connectivity index (χ3v) is 4.50. The summed E-state index contributed by atoms with van der Waals surface area (Å²) in [6.07, 6.45) is 10.5. The van der Waals surface area contributed by atoms with E-state index in [1.807, 2.05) is 13.8 Å². The molecule has 1 saturated carbocycles. The van der Waals surface area contributed by atoms with Crippen molar-refractivity contribution in [3.63, 3.8) is 0 Å². The summed E-state index contributed by atoms with van der Waals surface area (Å²) in [4.78, 5) is 2.65. The van der Waals surface area contributed by atoms with Gasteiger partial charge >= 0.3 is 0 Å². The molecule has 2 aliphatic rings. The summed E-state index contributed by atoms with van der Waals surface area (Å²) in [5, 5.41) is 0. The average Bonchev–Trinajstić information content (AvgIpc) is 2.33.